The molecule has 0 saturated carbocycles. The summed E-state index contributed by atoms with van der Waals surface area (Å²) in [7, 11) is 0. The van der Waals surface area contributed by atoms with E-state index in [9.17, 15) is 9.18 Å². The third kappa shape index (κ3) is 5.26. The molecule has 0 bridgehead atoms. The number of likely N-dealkylation sites (tertiary alicyclic amines) is 1. The molecule has 5 nitrogen and oxygen atoms in total. The number of aryl methyl sites for hydroxylation is 2. The number of hydrogen-bond donors (Lipinski definition) is 0. The van der Waals surface area contributed by atoms with E-state index in [1.54, 1.807) is 17.4 Å². The first-order chi connectivity index (χ1) is 15.6. The van der Waals surface area contributed by atoms with Crippen molar-refractivity contribution >= 4 is 40.6 Å². The molecule has 5 rings (SSSR count). The Kier molecular flexibility index (Phi) is 7.72. The van der Waals surface area contributed by atoms with Gasteiger partial charge >= 0.3 is 0 Å². The lowest BCUT2D eigenvalue weighted by Gasteiger charge is -2.31. The number of piperidine rings is 1. The molecule has 33 heavy (non-hydrogen) atoms. The summed E-state index contributed by atoms with van der Waals surface area (Å²) < 4.78 is 18.8. The molecule has 2 aliphatic rings. The minimum atomic E-state index is -0.289. The van der Waals surface area contributed by atoms with Gasteiger partial charge in [0, 0.05) is 40.2 Å². The van der Waals surface area contributed by atoms with E-state index in [4.69, 9.17) is 4.52 Å². The summed E-state index contributed by atoms with van der Waals surface area (Å²) in [6.45, 7) is 6.97. The van der Waals surface area contributed by atoms with E-state index in [1.165, 1.54) is 21.9 Å². The van der Waals surface area contributed by atoms with Crippen LogP contribution in [0, 0.1) is 12.7 Å². The molecule has 1 amide bonds. The second-order valence-corrected chi connectivity index (χ2v) is 10.5. The lowest BCUT2D eigenvalue weighted by molar-refractivity contribution is 0.0756. The summed E-state index contributed by atoms with van der Waals surface area (Å²) in [6.07, 6.45) is 6.34. The first kappa shape index (κ1) is 24.2. The Bertz CT molecular complexity index is 1110. The molecule has 1 aromatic carbocycles. The fourth-order valence-electron chi connectivity index (χ4n) is 5.14. The molecule has 178 valence electrons. The van der Waals surface area contributed by atoms with Crippen LogP contribution >= 0.6 is 23.7 Å². The molecule has 2 aromatic heterocycles. The lowest BCUT2D eigenvalue weighted by Crippen LogP contribution is -2.35. The van der Waals surface area contributed by atoms with E-state index in [0.29, 0.717) is 11.5 Å². The highest BCUT2D eigenvalue weighted by atomic mass is 35.5. The van der Waals surface area contributed by atoms with E-state index in [2.05, 4.69) is 27.9 Å². The number of benzene rings is 1. The molecule has 1 saturated heterocycles. The largest absolute Gasteiger partial charge is 0.356 e. The van der Waals surface area contributed by atoms with Gasteiger partial charge < -0.3 is 14.3 Å². The van der Waals surface area contributed by atoms with Gasteiger partial charge in [0.2, 0.25) is 0 Å². The molecule has 3 aromatic rings. The van der Waals surface area contributed by atoms with Gasteiger partial charge in [0.1, 0.15) is 5.82 Å². The first-order valence-corrected chi connectivity index (χ1v) is 12.6. The van der Waals surface area contributed by atoms with Crippen molar-refractivity contribution < 1.29 is 13.7 Å². The van der Waals surface area contributed by atoms with Crippen LogP contribution in [0.2, 0.25) is 0 Å². The number of aromatic nitrogens is 1. The van der Waals surface area contributed by atoms with E-state index in [-0.39, 0.29) is 24.1 Å². The van der Waals surface area contributed by atoms with Crippen LogP contribution in [0.15, 0.2) is 28.8 Å². The molecule has 0 N–H and O–H groups in total. The van der Waals surface area contributed by atoms with Gasteiger partial charge in [0.05, 0.1) is 11.3 Å². The Morgan fingerprint density at radius 2 is 1.94 bits per heavy atom. The summed E-state index contributed by atoms with van der Waals surface area (Å²) in [5.41, 5.74) is 2.45. The second kappa shape index (κ2) is 10.5. The van der Waals surface area contributed by atoms with Crippen LogP contribution in [0.3, 0.4) is 0 Å². The SMILES string of the molecule is Cc1cc2c(s1)CCCN(CCCCN1CCC(c3noc4cc(F)ccc34)CC1)C2=O.Cl. The third-order valence-corrected chi connectivity index (χ3v) is 7.98. The molecular weight excluding hydrogens is 461 g/mol. The highest BCUT2D eigenvalue weighted by Crippen LogP contribution is 2.33. The number of unbranched alkanes of at least 4 members (excludes halogenated alkanes) is 1. The number of fused-ring (bicyclic) bond motifs is 2. The van der Waals surface area contributed by atoms with Crippen molar-refractivity contribution in [1.29, 1.82) is 0 Å². The van der Waals surface area contributed by atoms with Crippen LogP contribution < -0.4 is 0 Å². The maximum atomic E-state index is 13.4. The van der Waals surface area contributed by atoms with E-state index < -0.39 is 0 Å². The van der Waals surface area contributed by atoms with E-state index in [1.807, 2.05) is 0 Å². The maximum Gasteiger partial charge on any atom is 0.254 e. The highest BCUT2D eigenvalue weighted by molar-refractivity contribution is 7.12. The van der Waals surface area contributed by atoms with Gasteiger partial charge in [-0.3, -0.25) is 4.79 Å². The minimum Gasteiger partial charge on any atom is -0.356 e. The van der Waals surface area contributed by atoms with Crippen molar-refractivity contribution in [3.63, 3.8) is 0 Å². The summed E-state index contributed by atoms with van der Waals surface area (Å²) in [5, 5.41) is 5.19. The third-order valence-electron chi connectivity index (χ3n) is 6.87. The number of halogens is 2. The summed E-state index contributed by atoms with van der Waals surface area (Å²) in [4.78, 5) is 20.0. The lowest BCUT2D eigenvalue weighted by atomic mass is 9.91. The van der Waals surface area contributed by atoms with Gasteiger partial charge in [-0.1, -0.05) is 5.16 Å². The number of thiophene rings is 1. The average Bonchev–Trinajstić information content (AvgIpc) is 3.34. The van der Waals surface area contributed by atoms with Gasteiger partial charge in [0.15, 0.2) is 5.58 Å². The normalized spacial score (nSPS) is 17.8. The summed E-state index contributed by atoms with van der Waals surface area (Å²) in [5.74, 6) is 0.307. The zero-order valence-corrected chi connectivity index (χ0v) is 20.7. The van der Waals surface area contributed by atoms with Gasteiger partial charge in [-0.25, -0.2) is 4.39 Å². The standard InChI is InChI=1S/C25H30FN3O2S.ClH/c1-17-15-21-23(32-17)5-4-12-29(25(21)30)11-3-2-10-28-13-8-18(9-14-28)24-20-7-6-19(26)16-22(20)31-27-24;/h6-7,15-16,18H,2-5,8-14H2,1H3;1H. The summed E-state index contributed by atoms with van der Waals surface area (Å²) in [6, 6.07) is 6.75. The molecule has 0 radical (unpaired) electrons. The van der Waals surface area contributed by atoms with Crippen LogP contribution in [0.4, 0.5) is 4.39 Å². The summed E-state index contributed by atoms with van der Waals surface area (Å²) >= 11 is 1.78. The van der Waals surface area contributed by atoms with Gasteiger partial charge in [0.25, 0.3) is 5.91 Å². The van der Waals surface area contributed by atoms with Crippen LogP contribution in [-0.4, -0.2) is 53.6 Å². The Morgan fingerprint density at radius 1 is 1.15 bits per heavy atom. The smallest absolute Gasteiger partial charge is 0.254 e. The Hall–Kier alpha value is -1.96. The Morgan fingerprint density at radius 3 is 2.76 bits per heavy atom. The number of carbonyl (C=O) groups excluding carboxylic acids is 1. The second-order valence-electron chi connectivity index (χ2n) is 9.12. The molecule has 0 atom stereocenters. The average molecular weight is 492 g/mol. The molecule has 0 aliphatic carbocycles. The Balaban J connectivity index is 0.00000259. The maximum absolute atomic E-state index is 13.4. The predicted molar refractivity (Wildman–Crippen MR) is 132 cm³/mol. The van der Waals surface area contributed by atoms with Crippen molar-refractivity contribution in [3.05, 3.63) is 51.1 Å². The zero-order chi connectivity index (χ0) is 22.1. The zero-order valence-electron chi connectivity index (χ0n) is 19.0. The predicted octanol–water partition coefficient (Wildman–Crippen LogP) is 5.81. The van der Waals surface area contributed by atoms with Gasteiger partial charge in [-0.2, -0.15) is 0 Å². The number of nitrogens with zero attached hydrogens (tertiary/aromatic N) is 3. The van der Waals surface area contributed by atoms with Crippen molar-refractivity contribution in [2.24, 2.45) is 0 Å². The number of hydrogen-bond acceptors (Lipinski definition) is 5. The number of amides is 1. The fraction of sp³-hybridized carbons (Fsp3) is 0.520. The molecule has 2 aliphatic heterocycles. The van der Waals surface area contributed by atoms with E-state index in [0.717, 1.165) is 87.9 Å². The van der Waals surface area contributed by atoms with Crippen molar-refractivity contribution in [3.8, 4) is 0 Å². The molecule has 0 spiro atoms. The molecular formula is C25H31ClFN3O2S. The van der Waals surface area contributed by atoms with Crippen LogP contribution in [0.1, 0.15) is 63.8 Å². The van der Waals surface area contributed by atoms with Gasteiger partial charge in [-0.05, 0) is 83.3 Å². The number of rotatable bonds is 6. The van der Waals surface area contributed by atoms with E-state index >= 15 is 0 Å². The molecule has 8 heteroatoms. The molecule has 0 unspecified atom stereocenters. The van der Waals surface area contributed by atoms with Gasteiger partial charge in [-0.15, -0.1) is 23.7 Å². The monoisotopic (exact) mass is 491 g/mol. The molecule has 4 heterocycles. The minimum absolute atomic E-state index is 0. The Labute approximate surface area is 204 Å². The first-order valence-electron chi connectivity index (χ1n) is 11.7. The highest BCUT2D eigenvalue weighted by Gasteiger charge is 2.26. The number of carbonyl (C=O) groups is 1. The topological polar surface area (TPSA) is 49.6 Å². The van der Waals surface area contributed by atoms with Crippen LogP contribution in [-0.2, 0) is 6.42 Å². The molecule has 1 fully saturated rings. The van der Waals surface area contributed by atoms with Crippen molar-refractivity contribution in [2.45, 2.75) is 51.4 Å². The van der Waals surface area contributed by atoms with Crippen LogP contribution in [0.25, 0.3) is 11.0 Å². The van der Waals surface area contributed by atoms with Crippen LogP contribution in [0.5, 0.6) is 0 Å². The fourth-order valence-corrected chi connectivity index (χ4v) is 6.21. The van der Waals surface area contributed by atoms with Crippen molar-refractivity contribution in [1.82, 2.24) is 15.0 Å². The quantitative estimate of drug-likeness (QED) is 0.408. The van der Waals surface area contributed by atoms with Crippen molar-refractivity contribution in [2.75, 3.05) is 32.7 Å².